The van der Waals surface area contributed by atoms with Crippen molar-refractivity contribution in [1.29, 1.82) is 0 Å². The van der Waals surface area contributed by atoms with E-state index in [9.17, 15) is 27.6 Å². The van der Waals surface area contributed by atoms with Crippen LogP contribution < -0.4 is 15.6 Å². The van der Waals surface area contributed by atoms with Crippen LogP contribution in [0, 0.1) is 5.41 Å². The van der Waals surface area contributed by atoms with E-state index in [0.29, 0.717) is 75.1 Å². The second-order valence-electron chi connectivity index (χ2n) is 19.3. The van der Waals surface area contributed by atoms with Gasteiger partial charge in [0.2, 0.25) is 0 Å². The first-order valence-corrected chi connectivity index (χ1v) is 23.1. The number of fused-ring (bicyclic) bond motifs is 6. The topological polar surface area (TPSA) is 143 Å². The molecule has 346 valence electrons. The van der Waals surface area contributed by atoms with Crippen LogP contribution in [0.4, 0.5) is 23.7 Å². The summed E-state index contributed by atoms with van der Waals surface area (Å²) in [4.78, 5) is 55.6. The van der Waals surface area contributed by atoms with E-state index < -0.39 is 59.9 Å². The summed E-state index contributed by atoms with van der Waals surface area (Å²) in [5, 5.41) is 7.05. The summed E-state index contributed by atoms with van der Waals surface area (Å²) in [6.45, 7) is 13.2. The maximum Gasteiger partial charge on any atom is 0.408 e. The van der Waals surface area contributed by atoms with Crippen molar-refractivity contribution in [3.63, 3.8) is 0 Å². The Morgan fingerprint density at radius 2 is 1.83 bits per heavy atom. The van der Waals surface area contributed by atoms with Crippen LogP contribution in [0.25, 0.3) is 33.4 Å². The lowest BCUT2D eigenvalue weighted by Crippen LogP contribution is -2.60. The number of methoxy groups -OCH3 is 1. The molecule has 3 atom stereocenters. The van der Waals surface area contributed by atoms with Crippen molar-refractivity contribution >= 4 is 45.9 Å². The Hall–Kier alpha value is -4.78. The van der Waals surface area contributed by atoms with Crippen LogP contribution in [-0.4, -0.2) is 119 Å². The van der Waals surface area contributed by atoms with Crippen LogP contribution in [0.3, 0.4) is 0 Å². The SMILES string of the molecule is CO[C@@H](C)c1ncc(N2CCN(C3CC3)CC2)cc1-c1c2c3cc(ccc3n1CC(F)(F)F)-c1csc(n1)C[C@H](NC(=O)OC(C)(C)C)C(=O)N1CCC[C@H](N1)C(=O)OCC(C)(C)C2. The fourth-order valence-electron chi connectivity index (χ4n) is 9.02. The van der Waals surface area contributed by atoms with Gasteiger partial charge in [-0.25, -0.2) is 15.2 Å². The molecule has 3 aromatic heterocycles. The van der Waals surface area contributed by atoms with Crippen molar-refractivity contribution in [1.82, 2.24) is 35.2 Å². The van der Waals surface area contributed by atoms with Crippen LogP contribution in [0.1, 0.15) is 89.6 Å². The number of cyclic esters (lactones) is 1. The van der Waals surface area contributed by atoms with Crippen molar-refractivity contribution in [2.75, 3.05) is 51.3 Å². The quantitative estimate of drug-likeness (QED) is 0.179. The first-order chi connectivity index (χ1) is 30.3. The minimum Gasteiger partial charge on any atom is -0.464 e. The fraction of sp³-hybridized carbons (Fsp3) is 0.587. The number of thiazole rings is 1. The average molecular weight is 909 g/mol. The zero-order chi connectivity index (χ0) is 45.7. The molecule has 3 aliphatic heterocycles. The number of hydrogen-bond donors (Lipinski definition) is 2. The highest BCUT2D eigenvalue weighted by Gasteiger charge is 2.38. The summed E-state index contributed by atoms with van der Waals surface area (Å²) in [5.41, 5.74) is 5.93. The first kappa shape index (κ1) is 45.8. The van der Waals surface area contributed by atoms with Crippen LogP contribution in [0.2, 0.25) is 0 Å². The van der Waals surface area contributed by atoms with Gasteiger partial charge in [0, 0.05) is 85.1 Å². The van der Waals surface area contributed by atoms with Crippen molar-refractivity contribution in [3.05, 3.63) is 52.1 Å². The largest absolute Gasteiger partial charge is 0.464 e. The number of halogens is 3. The second kappa shape index (κ2) is 17.9. The molecule has 4 aromatic rings. The number of hydrazine groups is 1. The van der Waals surface area contributed by atoms with E-state index in [1.165, 1.54) is 33.8 Å². The lowest BCUT2D eigenvalue weighted by Gasteiger charge is -2.36. The normalized spacial score (nSPS) is 22.0. The van der Waals surface area contributed by atoms with Gasteiger partial charge >= 0.3 is 18.2 Å². The molecule has 64 heavy (non-hydrogen) atoms. The van der Waals surface area contributed by atoms with E-state index in [4.69, 9.17) is 24.2 Å². The number of carbonyl (C=O) groups excluding carboxylic acids is 3. The number of amides is 2. The highest BCUT2D eigenvalue weighted by molar-refractivity contribution is 7.10. The summed E-state index contributed by atoms with van der Waals surface area (Å²) in [5.74, 6) is -1.03. The minimum atomic E-state index is -4.59. The van der Waals surface area contributed by atoms with Crippen LogP contribution in [0.15, 0.2) is 35.8 Å². The van der Waals surface area contributed by atoms with Gasteiger partial charge in [-0.15, -0.1) is 11.3 Å². The summed E-state index contributed by atoms with van der Waals surface area (Å²) in [6.07, 6.45) is -0.541. The molecule has 0 radical (unpaired) electrons. The maximum absolute atomic E-state index is 14.9. The highest BCUT2D eigenvalue weighted by atomic mass is 32.1. The number of alkyl carbamates (subject to hydrolysis) is 1. The molecule has 1 aliphatic carbocycles. The molecule has 1 aromatic carbocycles. The molecule has 2 N–H and O–H groups in total. The number of ether oxygens (including phenoxy) is 3. The number of rotatable bonds is 7. The lowest BCUT2D eigenvalue weighted by atomic mass is 9.84. The van der Waals surface area contributed by atoms with E-state index in [1.807, 2.05) is 38.3 Å². The van der Waals surface area contributed by atoms with Crippen LogP contribution >= 0.6 is 11.3 Å². The molecule has 6 heterocycles. The summed E-state index contributed by atoms with van der Waals surface area (Å²) >= 11 is 1.30. The predicted octanol–water partition coefficient (Wildman–Crippen LogP) is 7.44. The number of piperazine rings is 1. The molecule has 18 heteroatoms. The Morgan fingerprint density at radius 1 is 1.08 bits per heavy atom. The monoisotopic (exact) mass is 908 g/mol. The third-order valence-electron chi connectivity index (χ3n) is 12.4. The van der Waals surface area contributed by atoms with Crippen molar-refractivity contribution in [3.8, 4) is 22.5 Å². The van der Waals surface area contributed by atoms with Gasteiger partial charge in [0.05, 0.1) is 46.7 Å². The molecule has 0 spiro atoms. The first-order valence-electron chi connectivity index (χ1n) is 22.2. The van der Waals surface area contributed by atoms with Gasteiger partial charge in [-0.05, 0) is 83.6 Å². The Kier molecular flexibility index (Phi) is 12.8. The molecule has 8 rings (SSSR count). The number of nitrogens with zero attached hydrogens (tertiary/aromatic N) is 6. The van der Waals surface area contributed by atoms with E-state index in [1.54, 1.807) is 46.2 Å². The molecule has 0 unspecified atom stereocenters. The third-order valence-corrected chi connectivity index (χ3v) is 13.2. The van der Waals surface area contributed by atoms with E-state index in [-0.39, 0.29) is 19.4 Å². The zero-order valence-electron chi connectivity index (χ0n) is 37.6. The van der Waals surface area contributed by atoms with E-state index in [2.05, 4.69) is 20.5 Å². The zero-order valence-corrected chi connectivity index (χ0v) is 38.5. The Labute approximate surface area is 375 Å². The summed E-state index contributed by atoms with van der Waals surface area (Å²) in [7, 11) is 1.56. The second-order valence-corrected chi connectivity index (χ2v) is 20.3. The number of carbonyl (C=O) groups is 3. The summed E-state index contributed by atoms with van der Waals surface area (Å²) < 4.78 is 63.5. The van der Waals surface area contributed by atoms with Gasteiger partial charge in [-0.2, -0.15) is 13.2 Å². The number of aromatic nitrogens is 3. The number of esters is 1. The smallest absolute Gasteiger partial charge is 0.408 e. The van der Waals surface area contributed by atoms with Gasteiger partial charge < -0.3 is 29.0 Å². The van der Waals surface area contributed by atoms with Gasteiger partial charge in [0.1, 0.15) is 24.2 Å². The predicted molar refractivity (Wildman–Crippen MR) is 238 cm³/mol. The molecule has 14 nitrogen and oxygen atoms in total. The number of anilines is 1. The molecule has 4 aliphatic rings. The standard InChI is InChI=1S/C46H59F3N8O6S/c1-27(61-7)39-32(20-30(23-50-39)55-17-15-54(16-18-55)29-11-12-29)40-33-22-45(5,6)26-62-42(59)34-9-8-14-57(53-34)41(58)35(52-43(60)63-44(2,3)4)21-38-51-36(24-64-38)28-10-13-37(31(33)19-28)56(40)25-46(47,48)49/h10,13,19-20,23-24,27,29,34-35,53H,8-9,11-12,14-18,21-22,25-26H2,1-7H3,(H,52,60)/t27-,34-,35-/m0/s1. The van der Waals surface area contributed by atoms with Crippen LogP contribution in [0.5, 0.6) is 0 Å². The van der Waals surface area contributed by atoms with Gasteiger partial charge in [0.25, 0.3) is 5.91 Å². The maximum atomic E-state index is 14.9. The number of alkyl halides is 3. The van der Waals surface area contributed by atoms with Crippen LogP contribution in [-0.2, 0) is 43.2 Å². The molecule has 2 saturated heterocycles. The molecule has 2 amide bonds. The van der Waals surface area contributed by atoms with E-state index in [0.717, 1.165) is 31.9 Å². The Morgan fingerprint density at radius 3 is 2.52 bits per heavy atom. The molecular weight excluding hydrogens is 850 g/mol. The highest BCUT2D eigenvalue weighted by Crippen LogP contribution is 2.44. The molecule has 6 bridgehead atoms. The number of nitrogens with one attached hydrogen (secondary N) is 2. The molecule has 1 saturated carbocycles. The molecule has 3 fully saturated rings. The third kappa shape index (κ3) is 10.3. The van der Waals surface area contributed by atoms with Crippen molar-refractivity contribution in [2.24, 2.45) is 5.41 Å². The number of hydrogen-bond acceptors (Lipinski definition) is 12. The number of pyridine rings is 1. The average Bonchev–Trinajstić information content (AvgIpc) is 3.93. The number of benzene rings is 1. The van der Waals surface area contributed by atoms with Crippen molar-refractivity contribution < 1.29 is 41.8 Å². The van der Waals surface area contributed by atoms with E-state index >= 15 is 0 Å². The Bertz CT molecular complexity index is 2380. The fourth-order valence-corrected chi connectivity index (χ4v) is 9.87. The van der Waals surface area contributed by atoms with Gasteiger partial charge in [0.15, 0.2) is 0 Å². The Balaban J connectivity index is 1.28. The molecular formula is C46H59F3N8O6S. The lowest BCUT2D eigenvalue weighted by molar-refractivity contribution is -0.155. The summed E-state index contributed by atoms with van der Waals surface area (Å²) in [6, 6.07) is 6.00. The van der Waals surface area contributed by atoms with Gasteiger partial charge in [-0.3, -0.25) is 24.5 Å². The van der Waals surface area contributed by atoms with Gasteiger partial charge in [-0.1, -0.05) is 19.9 Å². The van der Waals surface area contributed by atoms with Crippen molar-refractivity contribution in [2.45, 2.75) is 123 Å². The minimum absolute atomic E-state index is 0.0171.